The van der Waals surface area contributed by atoms with Crippen molar-refractivity contribution in [3.8, 4) is 11.1 Å². The van der Waals surface area contributed by atoms with Crippen LogP contribution in [-0.4, -0.2) is 40.8 Å². The van der Waals surface area contributed by atoms with Crippen molar-refractivity contribution in [1.29, 1.82) is 0 Å². The number of benzene rings is 2. The molecule has 186 valence electrons. The van der Waals surface area contributed by atoms with Crippen LogP contribution in [-0.2, 0) is 14.3 Å². The summed E-state index contributed by atoms with van der Waals surface area (Å²) in [6.45, 7) is 5.60. The van der Waals surface area contributed by atoms with Crippen LogP contribution in [0.25, 0.3) is 11.1 Å². The molecule has 0 saturated heterocycles. The van der Waals surface area contributed by atoms with Crippen molar-refractivity contribution >= 4 is 18.0 Å². The van der Waals surface area contributed by atoms with Crippen molar-refractivity contribution in [2.75, 3.05) is 6.61 Å². The molecule has 0 radical (unpaired) electrons. The number of carboxylic acid groups (broad SMARTS) is 1. The third-order valence-electron chi connectivity index (χ3n) is 7.82. The van der Waals surface area contributed by atoms with Gasteiger partial charge < -0.3 is 20.5 Å². The highest BCUT2D eigenvalue weighted by Crippen LogP contribution is 2.44. The summed E-state index contributed by atoms with van der Waals surface area (Å²) in [5, 5.41) is 15.4. The molecule has 2 aromatic carbocycles. The van der Waals surface area contributed by atoms with Crippen molar-refractivity contribution in [2.45, 2.75) is 69.9 Å². The lowest BCUT2D eigenvalue weighted by molar-refractivity contribution is -0.150. The Hall–Kier alpha value is -3.35. The zero-order chi connectivity index (χ0) is 25.2. The molecule has 7 nitrogen and oxygen atoms in total. The second-order valence-corrected chi connectivity index (χ2v) is 10.2. The maximum absolute atomic E-state index is 13.2. The van der Waals surface area contributed by atoms with Crippen molar-refractivity contribution in [1.82, 2.24) is 10.6 Å². The second-order valence-electron chi connectivity index (χ2n) is 10.2. The van der Waals surface area contributed by atoms with E-state index in [9.17, 15) is 19.5 Å². The number of ether oxygens (including phenoxy) is 1. The summed E-state index contributed by atoms with van der Waals surface area (Å²) in [4.78, 5) is 38.1. The van der Waals surface area contributed by atoms with Crippen molar-refractivity contribution in [3.63, 3.8) is 0 Å². The lowest BCUT2D eigenvalue weighted by Gasteiger charge is -2.39. The van der Waals surface area contributed by atoms with Crippen LogP contribution in [0.3, 0.4) is 0 Å². The Morgan fingerprint density at radius 3 is 2.09 bits per heavy atom. The molecule has 0 aliphatic heterocycles. The molecule has 4 rings (SSSR count). The van der Waals surface area contributed by atoms with Gasteiger partial charge in [0.25, 0.3) is 0 Å². The van der Waals surface area contributed by atoms with Gasteiger partial charge in [-0.15, -0.1) is 0 Å². The van der Waals surface area contributed by atoms with Crippen LogP contribution in [0, 0.1) is 5.92 Å². The van der Waals surface area contributed by atoms with E-state index < -0.39 is 29.0 Å². The minimum atomic E-state index is -1.30. The first-order valence-corrected chi connectivity index (χ1v) is 12.4. The Kier molecular flexibility index (Phi) is 6.88. The number of carbonyl (C=O) groups excluding carboxylic acids is 2. The minimum absolute atomic E-state index is 0.0885. The summed E-state index contributed by atoms with van der Waals surface area (Å²) >= 11 is 0. The molecule has 7 heteroatoms. The number of carbonyl (C=O) groups is 3. The average Bonchev–Trinajstić information content (AvgIpc) is 3.17. The van der Waals surface area contributed by atoms with Crippen LogP contribution >= 0.6 is 0 Å². The molecule has 2 amide bonds. The van der Waals surface area contributed by atoms with Gasteiger partial charge in [0.1, 0.15) is 17.7 Å². The Bertz CT molecular complexity index is 1080. The van der Waals surface area contributed by atoms with Crippen LogP contribution in [0.1, 0.15) is 69.9 Å². The first-order chi connectivity index (χ1) is 16.7. The quantitative estimate of drug-likeness (QED) is 0.528. The standard InChI is InChI=1S/C28H34N2O5/c1-4-27(3,24(31)29-28(25(32)33)15-13-18(2)14-16-28)30-26(34)35-17-23-21-11-7-5-9-19(21)20-10-6-8-12-22(20)23/h5-12,18,23H,4,13-17H2,1-3H3,(H,29,31)(H,30,34)(H,32,33). The lowest BCUT2D eigenvalue weighted by Crippen LogP contribution is -2.64. The van der Waals surface area contributed by atoms with Gasteiger partial charge in [0.2, 0.25) is 5.91 Å². The van der Waals surface area contributed by atoms with Crippen LogP contribution in [0.15, 0.2) is 48.5 Å². The monoisotopic (exact) mass is 478 g/mol. The number of alkyl carbamates (subject to hydrolysis) is 1. The molecule has 0 aromatic heterocycles. The highest BCUT2D eigenvalue weighted by atomic mass is 16.5. The number of nitrogens with one attached hydrogen (secondary N) is 2. The molecule has 1 unspecified atom stereocenters. The Morgan fingerprint density at radius 2 is 1.57 bits per heavy atom. The van der Waals surface area contributed by atoms with E-state index in [-0.39, 0.29) is 18.9 Å². The number of hydrogen-bond acceptors (Lipinski definition) is 4. The van der Waals surface area contributed by atoms with E-state index in [2.05, 4.69) is 29.7 Å². The maximum atomic E-state index is 13.2. The highest BCUT2D eigenvalue weighted by molar-refractivity contribution is 5.94. The second kappa shape index (κ2) is 9.72. The summed E-state index contributed by atoms with van der Waals surface area (Å²) in [7, 11) is 0. The van der Waals surface area contributed by atoms with E-state index in [1.807, 2.05) is 36.4 Å². The van der Waals surface area contributed by atoms with Gasteiger partial charge in [-0.3, -0.25) is 4.79 Å². The number of fused-ring (bicyclic) bond motifs is 3. The number of rotatable bonds is 7. The zero-order valence-corrected chi connectivity index (χ0v) is 20.6. The molecular weight excluding hydrogens is 444 g/mol. The highest BCUT2D eigenvalue weighted by Gasteiger charge is 2.46. The number of carboxylic acids is 1. The fourth-order valence-corrected chi connectivity index (χ4v) is 5.17. The SMILES string of the molecule is CCC(C)(NC(=O)OCC1c2ccccc2-c2ccccc21)C(=O)NC1(C(=O)O)CCC(C)CC1. The van der Waals surface area contributed by atoms with E-state index in [1.54, 1.807) is 13.8 Å². The van der Waals surface area contributed by atoms with Gasteiger partial charge in [-0.25, -0.2) is 9.59 Å². The minimum Gasteiger partial charge on any atom is -0.480 e. The van der Waals surface area contributed by atoms with Crippen molar-refractivity contribution in [3.05, 3.63) is 59.7 Å². The number of amides is 2. The Balaban J connectivity index is 1.43. The summed E-state index contributed by atoms with van der Waals surface area (Å²) in [6.07, 6.45) is 1.80. The van der Waals surface area contributed by atoms with Gasteiger partial charge in [-0.1, -0.05) is 62.4 Å². The fourth-order valence-electron chi connectivity index (χ4n) is 5.17. The Labute approximate surface area is 206 Å². The number of hydrogen-bond donors (Lipinski definition) is 3. The molecule has 2 aliphatic rings. The summed E-state index contributed by atoms with van der Waals surface area (Å²) in [5.74, 6) is -1.20. The molecule has 1 saturated carbocycles. The van der Waals surface area contributed by atoms with Crippen molar-refractivity contribution < 1.29 is 24.2 Å². The van der Waals surface area contributed by atoms with Gasteiger partial charge in [0.05, 0.1) is 0 Å². The van der Waals surface area contributed by atoms with Gasteiger partial charge in [0.15, 0.2) is 0 Å². The van der Waals surface area contributed by atoms with Gasteiger partial charge in [-0.05, 0) is 67.2 Å². The molecule has 1 atom stereocenters. The molecular formula is C28H34N2O5. The third-order valence-corrected chi connectivity index (χ3v) is 7.82. The molecule has 0 heterocycles. The largest absolute Gasteiger partial charge is 0.480 e. The van der Waals surface area contributed by atoms with Crippen LogP contribution < -0.4 is 10.6 Å². The molecule has 1 fully saturated rings. The van der Waals surface area contributed by atoms with E-state index in [0.29, 0.717) is 18.8 Å². The van der Waals surface area contributed by atoms with Crippen molar-refractivity contribution in [2.24, 2.45) is 5.92 Å². The Morgan fingerprint density at radius 1 is 1.03 bits per heavy atom. The van der Waals surface area contributed by atoms with Crippen LogP contribution in [0.4, 0.5) is 4.79 Å². The molecule has 0 bridgehead atoms. The third kappa shape index (κ3) is 4.77. The normalized spacial score (nSPS) is 22.9. The topological polar surface area (TPSA) is 105 Å². The van der Waals surface area contributed by atoms with Gasteiger partial charge in [0, 0.05) is 5.92 Å². The summed E-state index contributed by atoms with van der Waals surface area (Å²) in [6, 6.07) is 16.2. The van der Waals surface area contributed by atoms with Gasteiger partial charge in [-0.2, -0.15) is 0 Å². The smallest absolute Gasteiger partial charge is 0.408 e. The maximum Gasteiger partial charge on any atom is 0.408 e. The van der Waals surface area contributed by atoms with E-state index in [4.69, 9.17) is 4.74 Å². The van der Waals surface area contributed by atoms with E-state index in [1.165, 1.54) is 0 Å². The number of aliphatic carboxylic acids is 1. The predicted molar refractivity (Wildman–Crippen MR) is 133 cm³/mol. The lowest BCUT2D eigenvalue weighted by atomic mass is 9.76. The van der Waals surface area contributed by atoms with E-state index in [0.717, 1.165) is 35.1 Å². The van der Waals surface area contributed by atoms with Crippen LogP contribution in [0.2, 0.25) is 0 Å². The molecule has 35 heavy (non-hydrogen) atoms. The first kappa shape index (κ1) is 24.8. The molecule has 2 aliphatic carbocycles. The van der Waals surface area contributed by atoms with E-state index >= 15 is 0 Å². The summed E-state index contributed by atoms with van der Waals surface area (Å²) < 4.78 is 5.62. The average molecular weight is 479 g/mol. The van der Waals surface area contributed by atoms with Gasteiger partial charge >= 0.3 is 12.1 Å². The summed E-state index contributed by atoms with van der Waals surface area (Å²) in [5.41, 5.74) is 1.88. The molecule has 0 spiro atoms. The fraction of sp³-hybridized carbons (Fsp3) is 0.464. The molecule has 2 aromatic rings. The molecule has 3 N–H and O–H groups in total. The first-order valence-electron chi connectivity index (χ1n) is 12.4. The predicted octanol–water partition coefficient (Wildman–Crippen LogP) is 4.84. The zero-order valence-electron chi connectivity index (χ0n) is 20.6. The van der Waals surface area contributed by atoms with Crippen LogP contribution in [0.5, 0.6) is 0 Å².